The first kappa shape index (κ1) is 12.9. The van der Waals surface area contributed by atoms with E-state index in [9.17, 15) is 18.0 Å². The van der Waals surface area contributed by atoms with E-state index in [1.807, 2.05) is 11.9 Å². The van der Waals surface area contributed by atoms with Gasteiger partial charge in [-0.1, -0.05) is 0 Å². The zero-order valence-electron chi connectivity index (χ0n) is 9.84. The van der Waals surface area contributed by atoms with E-state index in [2.05, 4.69) is 5.32 Å². The number of benzene rings is 1. The number of likely N-dealkylation sites (N-methyl/N-ethyl adjacent to an activating group) is 1. The fourth-order valence-corrected chi connectivity index (χ4v) is 2.01. The average Bonchev–Trinajstić information content (AvgIpc) is 2.71. The molecule has 0 aromatic heterocycles. The van der Waals surface area contributed by atoms with Gasteiger partial charge >= 0.3 is 0 Å². The molecule has 1 aromatic rings. The lowest BCUT2D eigenvalue weighted by molar-refractivity contribution is 0.0937. The monoisotopic (exact) mass is 258 g/mol. The van der Waals surface area contributed by atoms with E-state index in [4.69, 9.17) is 0 Å². The van der Waals surface area contributed by atoms with Gasteiger partial charge in [-0.2, -0.15) is 0 Å². The highest BCUT2D eigenvalue weighted by atomic mass is 19.2. The minimum Gasteiger partial charge on any atom is -0.348 e. The van der Waals surface area contributed by atoms with Gasteiger partial charge in [-0.3, -0.25) is 4.79 Å². The Bertz CT molecular complexity index is 455. The molecule has 6 heteroatoms. The van der Waals surface area contributed by atoms with E-state index < -0.39 is 23.4 Å². The molecule has 1 saturated heterocycles. The zero-order chi connectivity index (χ0) is 13.3. The quantitative estimate of drug-likeness (QED) is 0.816. The second kappa shape index (κ2) is 4.97. The summed E-state index contributed by atoms with van der Waals surface area (Å²) < 4.78 is 38.7. The van der Waals surface area contributed by atoms with Gasteiger partial charge in [0.15, 0.2) is 17.5 Å². The largest absolute Gasteiger partial charge is 0.348 e. The van der Waals surface area contributed by atoms with Gasteiger partial charge in [0.25, 0.3) is 5.91 Å². The smallest absolute Gasteiger partial charge is 0.251 e. The van der Waals surface area contributed by atoms with Crippen molar-refractivity contribution in [2.24, 2.45) is 0 Å². The number of hydrogen-bond acceptors (Lipinski definition) is 2. The number of likely N-dealkylation sites (tertiary alicyclic amines) is 1. The molecule has 1 atom stereocenters. The van der Waals surface area contributed by atoms with Crippen molar-refractivity contribution in [3.8, 4) is 0 Å². The Balaban J connectivity index is 2.09. The number of nitrogens with one attached hydrogen (secondary N) is 1. The topological polar surface area (TPSA) is 32.3 Å². The van der Waals surface area contributed by atoms with Crippen molar-refractivity contribution < 1.29 is 18.0 Å². The molecule has 3 nitrogen and oxygen atoms in total. The first-order chi connectivity index (χ1) is 8.47. The summed E-state index contributed by atoms with van der Waals surface area (Å²) in [5.41, 5.74) is -0.207. The number of hydrogen-bond donors (Lipinski definition) is 1. The van der Waals surface area contributed by atoms with Gasteiger partial charge in [-0.05, 0) is 32.1 Å². The van der Waals surface area contributed by atoms with E-state index in [1.165, 1.54) is 0 Å². The highest BCUT2D eigenvalue weighted by Crippen LogP contribution is 2.14. The van der Waals surface area contributed by atoms with Crippen LogP contribution in [0.3, 0.4) is 0 Å². The van der Waals surface area contributed by atoms with Crippen LogP contribution >= 0.6 is 0 Å². The molecule has 0 bridgehead atoms. The predicted octanol–water partition coefficient (Wildman–Crippen LogP) is 1.54. The third-order valence-corrected chi connectivity index (χ3v) is 2.97. The van der Waals surface area contributed by atoms with Crippen LogP contribution in [0.5, 0.6) is 0 Å². The van der Waals surface area contributed by atoms with Crippen LogP contribution in [0.2, 0.25) is 0 Å². The Kier molecular flexibility index (Phi) is 3.56. The van der Waals surface area contributed by atoms with Crippen LogP contribution in [0.15, 0.2) is 12.1 Å². The Morgan fingerprint density at radius 3 is 2.44 bits per heavy atom. The summed E-state index contributed by atoms with van der Waals surface area (Å²) in [5, 5.41) is 2.66. The summed E-state index contributed by atoms with van der Waals surface area (Å²) in [4.78, 5) is 13.8. The standard InChI is InChI=1S/C12H13F3N2O/c1-17-3-2-8(6-17)16-12(18)7-4-9(13)11(15)10(14)5-7/h4-5,8H,2-3,6H2,1H3,(H,16,18). The third-order valence-electron chi connectivity index (χ3n) is 2.97. The molecule has 1 heterocycles. The number of amides is 1. The van der Waals surface area contributed by atoms with Crippen molar-refractivity contribution in [1.29, 1.82) is 0 Å². The molecule has 1 aliphatic heterocycles. The molecule has 1 amide bonds. The van der Waals surface area contributed by atoms with Crippen molar-refractivity contribution >= 4 is 5.91 Å². The Hall–Kier alpha value is -1.56. The number of halogens is 3. The van der Waals surface area contributed by atoms with Gasteiger partial charge in [-0.25, -0.2) is 13.2 Å². The fraction of sp³-hybridized carbons (Fsp3) is 0.417. The van der Waals surface area contributed by atoms with Crippen LogP contribution in [-0.2, 0) is 0 Å². The zero-order valence-corrected chi connectivity index (χ0v) is 9.84. The molecule has 0 aliphatic carbocycles. The lowest BCUT2D eigenvalue weighted by Gasteiger charge is -2.13. The van der Waals surface area contributed by atoms with Crippen LogP contribution in [0.1, 0.15) is 16.8 Å². The van der Waals surface area contributed by atoms with E-state index in [0.717, 1.165) is 13.0 Å². The first-order valence-electron chi connectivity index (χ1n) is 5.61. The Morgan fingerprint density at radius 1 is 1.33 bits per heavy atom. The summed E-state index contributed by atoms with van der Waals surface area (Å²) >= 11 is 0. The summed E-state index contributed by atoms with van der Waals surface area (Å²) in [6, 6.07) is 1.36. The Labute approximate surface area is 103 Å². The molecule has 1 aliphatic rings. The van der Waals surface area contributed by atoms with Crippen LogP contribution in [-0.4, -0.2) is 37.0 Å². The second-order valence-corrected chi connectivity index (χ2v) is 4.48. The molecule has 98 valence electrons. The fourth-order valence-electron chi connectivity index (χ4n) is 2.01. The molecule has 0 saturated carbocycles. The van der Waals surface area contributed by atoms with Crippen LogP contribution in [0.25, 0.3) is 0 Å². The number of rotatable bonds is 2. The van der Waals surface area contributed by atoms with Crippen LogP contribution in [0.4, 0.5) is 13.2 Å². The SMILES string of the molecule is CN1CCC(NC(=O)c2cc(F)c(F)c(F)c2)C1. The van der Waals surface area contributed by atoms with E-state index in [0.29, 0.717) is 18.7 Å². The first-order valence-corrected chi connectivity index (χ1v) is 5.61. The van der Waals surface area contributed by atoms with Crippen molar-refractivity contribution in [3.05, 3.63) is 35.1 Å². The van der Waals surface area contributed by atoms with Gasteiger partial charge in [0.2, 0.25) is 0 Å². The molecule has 0 radical (unpaired) electrons. The molecular formula is C12H13F3N2O. The van der Waals surface area contributed by atoms with Gasteiger partial charge in [0.1, 0.15) is 0 Å². The van der Waals surface area contributed by atoms with Crippen molar-refractivity contribution in [1.82, 2.24) is 10.2 Å². The average molecular weight is 258 g/mol. The molecule has 1 fully saturated rings. The van der Waals surface area contributed by atoms with Gasteiger partial charge in [0, 0.05) is 18.2 Å². The predicted molar refractivity (Wildman–Crippen MR) is 59.7 cm³/mol. The normalized spacial score (nSPS) is 20.1. The molecule has 2 rings (SSSR count). The third kappa shape index (κ3) is 2.64. The second-order valence-electron chi connectivity index (χ2n) is 4.48. The van der Waals surface area contributed by atoms with Crippen LogP contribution in [0, 0.1) is 17.5 Å². The van der Waals surface area contributed by atoms with Crippen molar-refractivity contribution in [3.63, 3.8) is 0 Å². The summed E-state index contributed by atoms with van der Waals surface area (Å²) in [6.07, 6.45) is 0.786. The maximum Gasteiger partial charge on any atom is 0.251 e. The lowest BCUT2D eigenvalue weighted by Crippen LogP contribution is -2.36. The van der Waals surface area contributed by atoms with Crippen LogP contribution < -0.4 is 5.32 Å². The number of carbonyl (C=O) groups excluding carboxylic acids is 1. The molecule has 18 heavy (non-hydrogen) atoms. The van der Waals surface area contributed by atoms with Gasteiger partial charge < -0.3 is 10.2 Å². The minimum atomic E-state index is -1.56. The van der Waals surface area contributed by atoms with E-state index >= 15 is 0 Å². The highest BCUT2D eigenvalue weighted by molar-refractivity contribution is 5.94. The van der Waals surface area contributed by atoms with Gasteiger partial charge in [0.05, 0.1) is 0 Å². The summed E-state index contributed by atoms with van der Waals surface area (Å²) in [6.45, 7) is 1.55. The molecule has 1 N–H and O–H groups in total. The maximum atomic E-state index is 13.0. The number of carbonyl (C=O) groups is 1. The molecule has 1 unspecified atom stereocenters. The van der Waals surface area contributed by atoms with Crippen molar-refractivity contribution in [2.75, 3.05) is 20.1 Å². The molecular weight excluding hydrogens is 245 g/mol. The molecule has 1 aromatic carbocycles. The number of nitrogens with zero attached hydrogens (tertiary/aromatic N) is 1. The summed E-state index contributed by atoms with van der Waals surface area (Å²) in [7, 11) is 1.92. The lowest BCUT2D eigenvalue weighted by atomic mass is 10.1. The van der Waals surface area contributed by atoms with E-state index in [-0.39, 0.29) is 11.6 Å². The maximum absolute atomic E-state index is 13.0. The highest BCUT2D eigenvalue weighted by Gasteiger charge is 2.22. The van der Waals surface area contributed by atoms with E-state index in [1.54, 1.807) is 0 Å². The van der Waals surface area contributed by atoms with Gasteiger partial charge in [-0.15, -0.1) is 0 Å². The van der Waals surface area contributed by atoms with Crippen molar-refractivity contribution in [2.45, 2.75) is 12.5 Å². The summed E-state index contributed by atoms with van der Waals surface area (Å²) in [5.74, 6) is -4.87. The Morgan fingerprint density at radius 2 is 1.94 bits per heavy atom. The minimum absolute atomic E-state index is 0.0429. The molecule has 0 spiro atoms.